The Kier molecular flexibility index (Phi) is 6.11. The second-order valence-electron chi connectivity index (χ2n) is 8.35. The Bertz CT molecular complexity index is 1150. The molecule has 170 valence electrons. The predicted molar refractivity (Wildman–Crippen MR) is 122 cm³/mol. The van der Waals surface area contributed by atoms with E-state index in [2.05, 4.69) is 10.6 Å². The van der Waals surface area contributed by atoms with Crippen LogP contribution >= 0.6 is 0 Å². The number of hydrogen-bond acceptors (Lipinski definition) is 5. The number of fused-ring (bicyclic) bond motifs is 1. The Morgan fingerprint density at radius 3 is 2.39 bits per heavy atom. The van der Waals surface area contributed by atoms with Gasteiger partial charge in [0.2, 0.25) is 5.91 Å². The number of nitrogens with zero attached hydrogens (tertiary/aromatic N) is 1. The molecule has 0 bridgehead atoms. The van der Waals surface area contributed by atoms with Crippen molar-refractivity contribution in [3.63, 3.8) is 0 Å². The largest absolute Gasteiger partial charge is 0.480 e. The van der Waals surface area contributed by atoms with E-state index in [1.807, 2.05) is 6.07 Å². The van der Waals surface area contributed by atoms with E-state index in [1.54, 1.807) is 56.3 Å². The number of carboxylic acid groups (broad SMARTS) is 1. The number of aryl methyl sites for hydroxylation is 2. The van der Waals surface area contributed by atoms with E-state index in [0.29, 0.717) is 35.5 Å². The first-order valence-electron chi connectivity index (χ1n) is 10.8. The average Bonchev–Trinajstić information content (AvgIpc) is 3.04. The molecule has 3 amide bonds. The Labute approximate surface area is 191 Å². The number of aliphatic carboxylic acids is 1. The Morgan fingerprint density at radius 2 is 1.79 bits per heavy atom. The molecule has 2 heterocycles. The lowest BCUT2D eigenvalue weighted by molar-refractivity contribution is -0.139. The second-order valence-corrected chi connectivity index (χ2v) is 8.35. The van der Waals surface area contributed by atoms with Gasteiger partial charge in [0.1, 0.15) is 6.04 Å². The summed E-state index contributed by atoms with van der Waals surface area (Å²) in [7, 11) is 0. The summed E-state index contributed by atoms with van der Waals surface area (Å²) in [6.45, 7) is 4.60. The van der Waals surface area contributed by atoms with Gasteiger partial charge in [0, 0.05) is 30.6 Å². The summed E-state index contributed by atoms with van der Waals surface area (Å²) >= 11 is 0. The highest BCUT2D eigenvalue weighted by atomic mass is 16.4. The van der Waals surface area contributed by atoms with Crippen molar-refractivity contribution in [3.05, 3.63) is 76.4 Å². The number of nitrogens with one attached hydrogen (secondary N) is 2. The summed E-state index contributed by atoms with van der Waals surface area (Å²) in [6.07, 6.45) is 1.81. The molecule has 0 radical (unpaired) electrons. The zero-order valence-corrected chi connectivity index (χ0v) is 18.4. The Balaban J connectivity index is 1.49. The third-order valence-corrected chi connectivity index (χ3v) is 6.10. The summed E-state index contributed by atoms with van der Waals surface area (Å²) in [5.74, 6) is -2.64. The van der Waals surface area contributed by atoms with Crippen LogP contribution in [0.4, 0.5) is 5.69 Å². The van der Waals surface area contributed by atoms with Gasteiger partial charge in [0.15, 0.2) is 0 Å². The van der Waals surface area contributed by atoms with Gasteiger partial charge < -0.3 is 15.7 Å². The molecule has 0 aliphatic carbocycles. The van der Waals surface area contributed by atoms with Crippen LogP contribution in [0, 0.1) is 19.8 Å². The molecule has 1 saturated heterocycles. The van der Waals surface area contributed by atoms with Gasteiger partial charge in [-0.15, -0.1) is 0 Å². The number of carboxylic acids is 1. The lowest BCUT2D eigenvalue weighted by Gasteiger charge is -2.18. The number of carbonyl (C=O) groups is 4. The lowest BCUT2D eigenvalue weighted by atomic mass is 9.99. The number of imide groups is 1. The van der Waals surface area contributed by atoms with Crippen LogP contribution in [-0.4, -0.2) is 47.9 Å². The van der Waals surface area contributed by atoms with Crippen molar-refractivity contribution in [3.8, 4) is 0 Å². The van der Waals surface area contributed by atoms with Crippen LogP contribution in [0.2, 0.25) is 0 Å². The zero-order chi connectivity index (χ0) is 23.7. The summed E-state index contributed by atoms with van der Waals surface area (Å²) < 4.78 is 0. The van der Waals surface area contributed by atoms with Gasteiger partial charge in [-0.05, 0) is 42.7 Å². The summed E-state index contributed by atoms with van der Waals surface area (Å²) in [5, 5.41) is 15.4. The van der Waals surface area contributed by atoms with Crippen LogP contribution in [-0.2, 0) is 20.8 Å². The molecule has 2 atom stereocenters. The first kappa shape index (κ1) is 22.4. The molecule has 2 aromatic rings. The maximum atomic E-state index is 12.7. The molecule has 8 nitrogen and oxygen atoms in total. The molecule has 2 aliphatic rings. The van der Waals surface area contributed by atoms with E-state index in [-0.39, 0.29) is 18.2 Å². The van der Waals surface area contributed by atoms with Gasteiger partial charge in [0.05, 0.1) is 11.6 Å². The molecule has 1 unspecified atom stereocenters. The van der Waals surface area contributed by atoms with E-state index in [4.69, 9.17) is 0 Å². The average molecular weight is 447 g/mol. The normalized spacial score (nSPS) is 18.5. The molecule has 3 N–H and O–H groups in total. The van der Waals surface area contributed by atoms with Crippen molar-refractivity contribution in [2.24, 2.45) is 5.92 Å². The molecule has 33 heavy (non-hydrogen) atoms. The number of benzene rings is 2. The SMILES string of the molecule is Cc1cccc(C)c1C(=O)N[C@@H](Cc1ccc(N2C(=O)C3=CCNCC3C2=O)cc1)C(=O)O. The van der Waals surface area contributed by atoms with Crippen molar-refractivity contribution in [1.82, 2.24) is 10.6 Å². The topological polar surface area (TPSA) is 116 Å². The summed E-state index contributed by atoms with van der Waals surface area (Å²) in [6, 6.07) is 10.9. The van der Waals surface area contributed by atoms with E-state index >= 15 is 0 Å². The van der Waals surface area contributed by atoms with Crippen LogP contribution < -0.4 is 15.5 Å². The smallest absolute Gasteiger partial charge is 0.326 e. The van der Waals surface area contributed by atoms with Gasteiger partial charge in [-0.3, -0.25) is 14.4 Å². The molecule has 4 rings (SSSR count). The number of carbonyl (C=O) groups excluding carboxylic acids is 3. The fourth-order valence-electron chi connectivity index (χ4n) is 4.37. The zero-order valence-electron chi connectivity index (χ0n) is 18.4. The molecule has 1 fully saturated rings. The van der Waals surface area contributed by atoms with Crippen molar-refractivity contribution in [2.75, 3.05) is 18.0 Å². The standard InChI is InChI=1S/C25H25N3O5/c1-14-4-3-5-15(2)21(14)22(29)27-20(25(32)33)12-16-6-8-17(9-7-16)28-23(30)18-10-11-26-13-19(18)24(28)31/h3-10,19-20,26H,11-13H2,1-2H3,(H,27,29)(H,32,33)/t19?,20-/m0/s1. The van der Waals surface area contributed by atoms with E-state index < -0.39 is 23.8 Å². The van der Waals surface area contributed by atoms with E-state index in [9.17, 15) is 24.3 Å². The van der Waals surface area contributed by atoms with Crippen LogP contribution in [0.5, 0.6) is 0 Å². The first-order valence-corrected chi connectivity index (χ1v) is 10.8. The third kappa shape index (κ3) is 4.29. The van der Waals surface area contributed by atoms with Gasteiger partial charge >= 0.3 is 5.97 Å². The third-order valence-electron chi connectivity index (χ3n) is 6.10. The number of hydrogen-bond donors (Lipinski definition) is 3. The van der Waals surface area contributed by atoms with Crippen molar-refractivity contribution >= 4 is 29.4 Å². The minimum absolute atomic E-state index is 0.0614. The maximum Gasteiger partial charge on any atom is 0.326 e. The molecule has 2 aromatic carbocycles. The van der Waals surface area contributed by atoms with E-state index in [1.165, 1.54) is 4.90 Å². The number of rotatable bonds is 6. The van der Waals surface area contributed by atoms with Crippen LogP contribution in [0.3, 0.4) is 0 Å². The molecular formula is C25H25N3O5. The van der Waals surface area contributed by atoms with Gasteiger partial charge in [-0.25, -0.2) is 9.69 Å². The molecule has 0 saturated carbocycles. The molecule has 0 spiro atoms. The van der Waals surface area contributed by atoms with Crippen molar-refractivity contribution in [1.29, 1.82) is 0 Å². The number of amides is 3. The van der Waals surface area contributed by atoms with Crippen LogP contribution in [0.25, 0.3) is 0 Å². The van der Waals surface area contributed by atoms with Crippen LogP contribution in [0.1, 0.15) is 27.0 Å². The predicted octanol–water partition coefficient (Wildman–Crippen LogP) is 1.75. The van der Waals surface area contributed by atoms with E-state index in [0.717, 1.165) is 11.1 Å². The van der Waals surface area contributed by atoms with Gasteiger partial charge in [-0.1, -0.05) is 36.4 Å². The highest BCUT2D eigenvalue weighted by Gasteiger charge is 2.44. The molecular weight excluding hydrogens is 422 g/mol. The van der Waals surface area contributed by atoms with Crippen LogP contribution in [0.15, 0.2) is 54.1 Å². The van der Waals surface area contributed by atoms with Crippen molar-refractivity contribution in [2.45, 2.75) is 26.3 Å². The molecule has 0 aromatic heterocycles. The van der Waals surface area contributed by atoms with Crippen molar-refractivity contribution < 1.29 is 24.3 Å². The fourth-order valence-corrected chi connectivity index (χ4v) is 4.37. The minimum atomic E-state index is -1.15. The summed E-state index contributed by atoms with van der Waals surface area (Å²) in [5.41, 5.74) is 3.62. The summed E-state index contributed by atoms with van der Waals surface area (Å²) in [4.78, 5) is 51.2. The molecule has 8 heteroatoms. The number of anilines is 1. The monoisotopic (exact) mass is 447 g/mol. The lowest BCUT2D eigenvalue weighted by Crippen LogP contribution is -2.42. The highest BCUT2D eigenvalue weighted by molar-refractivity contribution is 6.29. The quantitative estimate of drug-likeness (QED) is 0.581. The maximum absolute atomic E-state index is 12.7. The first-order chi connectivity index (χ1) is 15.8. The highest BCUT2D eigenvalue weighted by Crippen LogP contribution is 2.31. The molecule has 2 aliphatic heterocycles. The van der Waals surface area contributed by atoms with Gasteiger partial charge in [0.25, 0.3) is 11.8 Å². The van der Waals surface area contributed by atoms with Gasteiger partial charge in [-0.2, -0.15) is 0 Å². The fraction of sp³-hybridized carbons (Fsp3) is 0.280. The Hall–Kier alpha value is -3.78. The second kappa shape index (κ2) is 8.99. The minimum Gasteiger partial charge on any atom is -0.480 e. The Morgan fingerprint density at radius 1 is 1.12 bits per heavy atom.